The predicted molar refractivity (Wildman–Crippen MR) is 121 cm³/mol. The molecule has 11 heteroatoms. The normalized spacial score (nSPS) is 23.2. The van der Waals surface area contributed by atoms with E-state index in [2.05, 4.69) is 5.32 Å². The minimum absolute atomic E-state index is 0.0856. The molecule has 7 nitrogen and oxygen atoms in total. The van der Waals surface area contributed by atoms with Gasteiger partial charge in [-0.3, -0.25) is 4.79 Å². The number of amides is 3. The van der Waals surface area contributed by atoms with Gasteiger partial charge in [-0.05, 0) is 55.4 Å². The fourth-order valence-corrected chi connectivity index (χ4v) is 5.43. The van der Waals surface area contributed by atoms with Crippen molar-refractivity contribution in [3.05, 3.63) is 58.1 Å². The van der Waals surface area contributed by atoms with Gasteiger partial charge in [-0.15, -0.1) is 0 Å². The van der Waals surface area contributed by atoms with Crippen molar-refractivity contribution in [3.8, 4) is 6.07 Å². The second kappa shape index (κ2) is 7.64. The number of rotatable bonds is 2. The molecule has 3 unspecified atom stereocenters. The SMILES string of the molecule is Cc1c(N2C(=O)C3C4CC(CN4C(=S)Nc4c(F)cccc4F)N3C2=O)ccc(C#N)c1Cl. The number of hydrogen-bond acceptors (Lipinski definition) is 4. The summed E-state index contributed by atoms with van der Waals surface area (Å²) < 4.78 is 28.1. The number of fused-ring (bicyclic) bond motifs is 5. The highest BCUT2D eigenvalue weighted by Gasteiger charge is 2.62. The standard InChI is InChI=1S/C22H16ClF2N5O2S/c1-10-15(6-5-11(8-26)17(10)23)30-20(31)19-16-7-12(29(19)22(30)32)9-28(16)21(33)27-18-13(24)3-2-4-14(18)25/h2-6,12,16,19H,7,9H2,1H3,(H,27,33). The molecule has 0 aliphatic carbocycles. The number of urea groups is 1. The maximum Gasteiger partial charge on any atom is 0.332 e. The summed E-state index contributed by atoms with van der Waals surface area (Å²) in [4.78, 5) is 30.9. The topological polar surface area (TPSA) is 79.7 Å². The van der Waals surface area contributed by atoms with Crippen molar-refractivity contribution in [2.75, 3.05) is 16.8 Å². The fourth-order valence-electron chi connectivity index (χ4n) is 4.91. The van der Waals surface area contributed by atoms with Gasteiger partial charge in [-0.25, -0.2) is 18.5 Å². The van der Waals surface area contributed by atoms with Crippen LogP contribution in [-0.2, 0) is 4.79 Å². The third-order valence-electron chi connectivity index (χ3n) is 6.44. The second-order valence-corrected chi connectivity index (χ2v) is 8.89. The number of anilines is 2. The van der Waals surface area contributed by atoms with E-state index in [0.29, 0.717) is 24.2 Å². The number of likely N-dealkylation sites (tertiary alicyclic amines) is 1. The van der Waals surface area contributed by atoms with E-state index in [4.69, 9.17) is 23.8 Å². The maximum absolute atomic E-state index is 14.1. The van der Waals surface area contributed by atoms with Crippen molar-refractivity contribution < 1.29 is 18.4 Å². The Kier molecular flexibility index (Phi) is 4.99. The van der Waals surface area contributed by atoms with Gasteiger partial charge in [0.25, 0.3) is 5.91 Å². The number of imide groups is 1. The molecule has 2 aromatic rings. The summed E-state index contributed by atoms with van der Waals surface area (Å²) in [6.07, 6.45) is 0.519. The number of hydrogen-bond donors (Lipinski definition) is 1. The monoisotopic (exact) mass is 487 g/mol. The molecule has 5 rings (SSSR count). The zero-order valence-corrected chi connectivity index (χ0v) is 18.8. The lowest BCUT2D eigenvalue weighted by atomic mass is 10.1. The first kappa shape index (κ1) is 21.6. The number of carbonyl (C=O) groups is 2. The molecular weight excluding hydrogens is 472 g/mol. The molecule has 3 atom stereocenters. The second-order valence-electron chi connectivity index (χ2n) is 8.13. The zero-order chi connectivity index (χ0) is 23.6. The lowest BCUT2D eigenvalue weighted by Gasteiger charge is -2.36. The van der Waals surface area contributed by atoms with Crippen LogP contribution in [0.3, 0.4) is 0 Å². The molecule has 3 fully saturated rings. The van der Waals surface area contributed by atoms with Crippen molar-refractivity contribution in [1.29, 1.82) is 5.26 Å². The van der Waals surface area contributed by atoms with Gasteiger partial charge in [0.15, 0.2) is 5.11 Å². The molecule has 0 radical (unpaired) electrons. The number of nitriles is 1. The number of benzene rings is 2. The highest BCUT2D eigenvalue weighted by molar-refractivity contribution is 7.80. The average Bonchev–Trinajstić information content (AvgIpc) is 3.45. The maximum atomic E-state index is 14.1. The van der Waals surface area contributed by atoms with Gasteiger partial charge < -0.3 is 15.1 Å². The summed E-state index contributed by atoms with van der Waals surface area (Å²) in [6, 6.07) is 6.52. The summed E-state index contributed by atoms with van der Waals surface area (Å²) >= 11 is 11.7. The lowest BCUT2D eigenvalue weighted by molar-refractivity contribution is -0.120. The molecule has 0 spiro atoms. The third-order valence-corrected chi connectivity index (χ3v) is 7.26. The Labute approximate surface area is 198 Å². The van der Waals surface area contributed by atoms with E-state index in [9.17, 15) is 23.6 Å². The van der Waals surface area contributed by atoms with Gasteiger partial charge in [-0.1, -0.05) is 17.7 Å². The van der Waals surface area contributed by atoms with E-state index in [1.165, 1.54) is 18.2 Å². The first-order valence-electron chi connectivity index (χ1n) is 10.1. The van der Waals surface area contributed by atoms with E-state index in [1.807, 2.05) is 6.07 Å². The van der Waals surface area contributed by atoms with Crippen LogP contribution in [0.5, 0.6) is 0 Å². The molecule has 3 aliphatic heterocycles. The molecule has 3 saturated heterocycles. The van der Waals surface area contributed by atoms with Crippen LogP contribution in [0.15, 0.2) is 30.3 Å². The molecule has 3 heterocycles. The Morgan fingerprint density at radius 3 is 2.61 bits per heavy atom. The minimum Gasteiger partial charge on any atom is -0.341 e. The van der Waals surface area contributed by atoms with Crippen molar-refractivity contribution in [3.63, 3.8) is 0 Å². The minimum atomic E-state index is -0.783. The predicted octanol–water partition coefficient (Wildman–Crippen LogP) is 3.79. The fraction of sp³-hybridized carbons (Fsp3) is 0.273. The molecule has 168 valence electrons. The Balaban J connectivity index is 1.42. The summed E-state index contributed by atoms with van der Waals surface area (Å²) in [5, 5.41) is 12.1. The van der Waals surface area contributed by atoms with Crippen LogP contribution in [0.1, 0.15) is 17.5 Å². The number of halogens is 3. The van der Waals surface area contributed by atoms with Crippen LogP contribution in [0.2, 0.25) is 5.02 Å². The Hall–Kier alpha value is -3.29. The van der Waals surface area contributed by atoms with Gasteiger partial charge in [0.05, 0.1) is 28.4 Å². The van der Waals surface area contributed by atoms with Gasteiger partial charge in [-0.2, -0.15) is 5.26 Å². The molecule has 0 saturated carbocycles. The van der Waals surface area contributed by atoms with Gasteiger partial charge in [0.2, 0.25) is 0 Å². The molecule has 0 aromatic heterocycles. The first-order chi connectivity index (χ1) is 15.7. The Morgan fingerprint density at radius 1 is 1.24 bits per heavy atom. The summed E-state index contributed by atoms with van der Waals surface area (Å²) in [5.74, 6) is -1.99. The van der Waals surface area contributed by atoms with E-state index < -0.39 is 35.7 Å². The highest BCUT2D eigenvalue weighted by atomic mass is 35.5. The number of thiocarbonyl (C=S) groups is 1. The number of para-hydroxylation sites is 1. The molecule has 2 bridgehead atoms. The molecule has 3 amide bonds. The molecule has 33 heavy (non-hydrogen) atoms. The van der Waals surface area contributed by atoms with E-state index in [-0.39, 0.29) is 27.4 Å². The van der Waals surface area contributed by atoms with E-state index in [1.54, 1.807) is 16.7 Å². The summed E-state index contributed by atoms with van der Waals surface area (Å²) in [7, 11) is 0. The van der Waals surface area contributed by atoms with Gasteiger partial charge in [0.1, 0.15) is 29.4 Å². The Bertz CT molecular complexity index is 1260. The van der Waals surface area contributed by atoms with Crippen LogP contribution >= 0.6 is 23.8 Å². The molecule has 2 aromatic carbocycles. The van der Waals surface area contributed by atoms with Crippen molar-refractivity contribution in [2.45, 2.75) is 31.5 Å². The van der Waals surface area contributed by atoms with Crippen molar-refractivity contribution in [1.82, 2.24) is 9.80 Å². The summed E-state index contributed by atoms with van der Waals surface area (Å²) in [5.41, 5.74) is 0.666. The van der Waals surface area contributed by atoms with Crippen LogP contribution in [0.4, 0.5) is 25.0 Å². The lowest BCUT2D eigenvalue weighted by Crippen LogP contribution is -2.55. The van der Waals surface area contributed by atoms with Crippen LogP contribution in [0.25, 0.3) is 0 Å². The van der Waals surface area contributed by atoms with E-state index >= 15 is 0 Å². The highest BCUT2D eigenvalue weighted by Crippen LogP contribution is 2.44. The number of nitrogens with one attached hydrogen (secondary N) is 1. The average molecular weight is 488 g/mol. The largest absolute Gasteiger partial charge is 0.341 e. The molecule has 3 aliphatic rings. The van der Waals surface area contributed by atoms with Crippen molar-refractivity contribution >= 4 is 52.2 Å². The van der Waals surface area contributed by atoms with Gasteiger partial charge >= 0.3 is 6.03 Å². The van der Waals surface area contributed by atoms with Crippen LogP contribution in [0, 0.1) is 29.9 Å². The third kappa shape index (κ3) is 3.07. The smallest absolute Gasteiger partial charge is 0.332 e. The number of nitrogens with zero attached hydrogens (tertiary/aromatic N) is 4. The molecular formula is C22H16ClF2N5O2S. The number of piperazine rings is 1. The van der Waals surface area contributed by atoms with Crippen LogP contribution in [-0.4, -0.2) is 51.5 Å². The zero-order valence-electron chi connectivity index (χ0n) is 17.2. The van der Waals surface area contributed by atoms with E-state index in [0.717, 1.165) is 17.0 Å². The van der Waals surface area contributed by atoms with Crippen molar-refractivity contribution in [2.24, 2.45) is 0 Å². The summed E-state index contributed by atoms with van der Waals surface area (Å²) in [6.45, 7) is 1.98. The molecule has 1 N–H and O–H groups in total. The van der Waals surface area contributed by atoms with Crippen LogP contribution < -0.4 is 10.2 Å². The van der Waals surface area contributed by atoms with Gasteiger partial charge in [0, 0.05) is 6.54 Å². The first-order valence-corrected chi connectivity index (χ1v) is 10.9. The number of carbonyl (C=O) groups excluding carboxylic acids is 2. The quantitative estimate of drug-likeness (QED) is 0.513. The Morgan fingerprint density at radius 2 is 1.94 bits per heavy atom.